The molecule has 0 aliphatic heterocycles. The third kappa shape index (κ3) is 3.66. The molecule has 1 aromatic heterocycles. The van der Waals surface area contributed by atoms with Crippen molar-refractivity contribution in [3.05, 3.63) is 66.1 Å². The summed E-state index contributed by atoms with van der Waals surface area (Å²) in [5.41, 5.74) is 4.73. The number of sulfone groups is 1. The van der Waals surface area contributed by atoms with Crippen LogP contribution >= 0.6 is 0 Å². The summed E-state index contributed by atoms with van der Waals surface area (Å²) >= 11 is 0. The Balaban J connectivity index is 2.13. The highest BCUT2D eigenvalue weighted by Gasteiger charge is 2.15. The minimum absolute atomic E-state index is 0.276. The second kappa shape index (κ2) is 6.48. The minimum atomic E-state index is -3.23. The Labute approximate surface area is 147 Å². The predicted octanol–water partition coefficient (Wildman–Crippen LogP) is 5.01. The molecule has 1 N–H and O–H groups in total. The number of aromatic amines is 1. The van der Waals surface area contributed by atoms with E-state index in [4.69, 9.17) is 0 Å². The van der Waals surface area contributed by atoms with Gasteiger partial charge in [0.15, 0.2) is 9.84 Å². The van der Waals surface area contributed by atoms with E-state index in [9.17, 15) is 12.8 Å². The Kier molecular flexibility index (Phi) is 4.52. The van der Waals surface area contributed by atoms with Crippen molar-refractivity contribution in [1.82, 2.24) is 4.98 Å². The lowest BCUT2D eigenvalue weighted by molar-refractivity contribution is 0.602. The van der Waals surface area contributed by atoms with Crippen molar-refractivity contribution < 1.29 is 12.8 Å². The number of nitrogens with one attached hydrogen (secondary N) is 1. The number of hydrogen-bond donors (Lipinski definition) is 1. The van der Waals surface area contributed by atoms with E-state index in [2.05, 4.69) is 24.9 Å². The van der Waals surface area contributed by atoms with Gasteiger partial charge in [0, 0.05) is 17.5 Å². The molecule has 0 radical (unpaired) electrons. The average Bonchev–Trinajstić information content (AvgIpc) is 3.00. The molecular weight excluding hydrogens is 337 g/mol. The molecule has 0 fully saturated rings. The highest BCUT2D eigenvalue weighted by Crippen LogP contribution is 2.35. The second-order valence-corrected chi connectivity index (χ2v) is 8.49. The second-order valence-electron chi connectivity index (χ2n) is 6.47. The topological polar surface area (TPSA) is 49.9 Å². The van der Waals surface area contributed by atoms with E-state index in [1.54, 1.807) is 36.4 Å². The maximum absolute atomic E-state index is 13.3. The largest absolute Gasteiger partial charge is 0.358 e. The van der Waals surface area contributed by atoms with E-state index >= 15 is 0 Å². The molecule has 2 aromatic carbocycles. The first-order chi connectivity index (χ1) is 11.8. The maximum Gasteiger partial charge on any atom is 0.175 e. The van der Waals surface area contributed by atoms with Crippen molar-refractivity contribution in [2.24, 2.45) is 0 Å². The van der Waals surface area contributed by atoms with Gasteiger partial charge in [0.25, 0.3) is 0 Å². The Bertz CT molecular complexity index is 985. The molecule has 5 heteroatoms. The Morgan fingerprint density at radius 2 is 1.48 bits per heavy atom. The van der Waals surface area contributed by atoms with Gasteiger partial charge in [0.2, 0.25) is 0 Å². The van der Waals surface area contributed by atoms with Crippen LogP contribution < -0.4 is 0 Å². The molecule has 25 heavy (non-hydrogen) atoms. The van der Waals surface area contributed by atoms with E-state index in [1.165, 1.54) is 18.4 Å². The lowest BCUT2D eigenvalue weighted by Gasteiger charge is -2.06. The van der Waals surface area contributed by atoms with Gasteiger partial charge in [-0.1, -0.05) is 38.1 Å². The third-order valence-corrected chi connectivity index (χ3v) is 5.32. The highest BCUT2D eigenvalue weighted by atomic mass is 32.2. The summed E-state index contributed by atoms with van der Waals surface area (Å²) in [5.74, 6) is 0.0330. The highest BCUT2D eigenvalue weighted by molar-refractivity contribution is 7.90. The van der Waals surface area contributed by atoms with Crippen molar-refractivity contribution >= 4 is 9.84 Å². The first kappa shape index (κ1) is 17.4. The first-order valence-electron chi connectivity index (χ1n) is 8.05. The number of H-pyrrole nitrogens is 1. The molecule has 0 spiro atoms. The maximum atomic E-state index is 13.3. The van der Waals surface area contributed by atoms with Crippen LogP contribution in [0, 0.1) is 5.82 Å². The SMILES string of the molecule is CC(C)c1cc(-c2ccc(F)cc2)c(-c2ccc(S(C)(=O)=O)cc2)[nH]1. The summed E-state index contributed by atoms with van der Waals surface area (Å²) in [4.78, 5) is 3.71. The van der Waals surface area contributed by atoms with E-state index in [0.717, 1.165) is 28.1 Å². The molecule has 0 aliphatic carbocycles. The smallest absolute Gasteiger partial charge is 0.175 e. The monoisotopic (exact) mass is 357 g/mol. The molecule has 130 valence electrons. The Hall–Kier alpha value is -2.40. The number of halogens is 1. The van der Waals surface area contributed by atoms with Crippen molar-refractivity contribution in [3.8, 4) is 22.4 Å². The van der Waals surface area contributed by atoms with Crippen LogP contribution in [0.2, 0.25) is 0 Å². The molecule has 0 unspecified atom stereocenters. The summed E-state index contributed by atoms with van der Waals surface area (Å²) in [5, 5.41) is 0. The third-order valence-electron chi connectivity index (χ3n) is 4.19. The normalized spacial score (nSPS) is 11.9. The van der Waals surface area contributed by atoms with Gasteiger partial charge in [-0.15, -0.1) is 0 Å². The van der Waals surface area contributed by atoms with E-state index in [0.29, 0.717) is 5.92 Å². The molecule has 3 rings (SSSR count). The quantitative estimate of drug-likeness (QED) is 0.713. The number of aromatic nitrogens is 1. The van der Waals surface area contributed by atoms with Gasteiger partial charge in [0.1, 0.15) is 5.82 Å². The number of benzene rings is 2. The summed E-state index contributed by atoms with van der Waals surface area (Å²) in [6.07, 6.45) is 1.19. The summed E-state index contributed by atoms with van der Waals surface area (Å²) in [7, 11) is -3.23. The summed E-state index contributed by atoms with van der Waals surface area (Å²) in [6.45, 7) is 4.19. The molecule has 3 nitrogen and oxygen atoms in total. The van der Waals surface area contributed by atoms with Crippen LogP contribution in [-0.2, 0) is 9.84 Å². The van der Waals surface area contributed by atoms with Gasteiger partial charge in [-0.25, -0.2) is 12.8 Å². The van der Waals surface area contributed by atoms with Gasteiger partial charge in [-0.2, -0.15) is 0 Å². The van der Waals surface area contributed by atoms with E-state index in [1.807, 2.05) is 0 Å². The Morgan fingerprint density at radius 1 is 0.920 bits per heavy atom. The summed E-state index contributed by atoms with van der Waals surface area (Å²) in [6, 6.07) is 15.2. The van der Waals surface area contributed by atoms with Crippen molar-refractivity contribution in [1.29, 1.82) is 0 Å². The molecule has 0 amide bonds. The van der Waals surface area contributed by atoms with Crippen molar-refractivity contribution in [2.45, 2.75) is 24.7 Å². The number of rotatable bonds is 4. The molecule has 0 atom stereocenters. The van der Waals surface area contributed by atoms with Crippen LogP contribution in [0.15, 0.2) is 59.5 Å². The summed E-state index contributed by atoms with van der Waals surface area (Å²) < 4.78 is 36.6. The van der Waals surface area contributed by atoms with Crippen LogP contribution in [0.1, 0.15) is 25.5 Å². The zero-order chi connectivity index (χ0) is 18.2. The molecular formula is C20H20FNO2S. The zero-order valence-corrected chi connectivity index (χ0v) is 15.2. The number of hydrogen-bond acceptors (Lipinski definition) is 2. The fraction of sp³-hybridized carbons (Fsp3) is 0.200. The lowest BCUT2D eigenvalue weighted by atomic mass is 10.0. The zero-order valence-electron chi connectivity index (χ0n) is 14.4. The standard InChI is InChI=1S/C20H20FNO2S/c1-13(2)19-12-18(14-4-8-16(21)9-5-14)20(22-19)15-6-10-17(11-7-15)25(3,23)24/h4-13,22H,1-3H3. The minimum Gasteiger partial charge on any atom is -0.358 e. The molecule has 0 bridgehead atoms. The van der Waals surface area contributed by atoms with E-state index < -0.39 is 9.84 Å². The first-order valence-corrected chi connectivity index (χ1v) is 9.94. The molecule has 0 aliphatic rings. The fourth-order valence-corrected chi connectivity index (χ4v) is 3.37. The van der Waals surface area contributed by atoms with Gasteiger partial charge in [-0.3, -0.25) is 0 Å². The average molecular weight is 357 g/mol. The molecule has 0 saturated heterocycles. The van der Waals surface area contributed by atoms with Crippen LogP contribution in [0.3, 0.4) is 0 Å². The molecule has 0 saturated carbocycles. The lowest BCUT2D eigenvalue weighted by Crippen LogP contribution is -1.96. The van der Waals surface area contributed by atoms with E-state index in [-0.39, 0.29) is 10.7 Å². The molecule has 3 aromatic rings. The van der Waals surface area contributed by atoms with Crippen LogP contribution in [-0.4, -0.2) is 19.7 Å². The van der Waals surface area contributed by atoms with Crippen molar-refractivity contribution in [3.63, 3.8) is 0 Å². The van der Waals surface area contributed by atoms with Gasteiger partial charge in [-0.05, 0) is 47.4 Å². The van der Waals surface area contributed by atoms with Crippen LogP contribution in [0.5, 0.6) is 0 Å². The fourth-order valence-electron chi connectivity index (χ4n) is 2.74. The van der Waals surface area contributed by atoms with Crippen molar-refractivity contribution in [2.75, 3.05) is 6.26 Å². The van der Waals surface area contributed by atoms with Gasteiger partial charge < -0.3 is 4.98 Å². The van der Waals surface area contributed by atoms with Gasteiger partial charge in [0.05, 0.1) is 10.6 Å². The molecule has 1 heterocycles. The predicted molar refractivity (Wildman–Crippen MR) is 98.8 cm³/mol. The van der Waals surface area contributed by atoms with Crippen LogP contribution in [0.25, 0.3) is 22.4 Å². The Morgan fingerprint density at radius 3 is 2.00 bits per heavy atom. The van der Waals surface area contributed by atoms with Gasteiger partial charge >= 0.3 is 0 Å². The van der Waals surface area contributed by atoms with Crippen LogP contribution in [0.4, 0.5) is 4.39 Å².